The van der Waals surface area contributed by atoms with E-state index in [2.05, 4.69) is 140 Å². The van der Waals surface area contributed by atoms with Crippen molar-refractivity contribution >= 4 is 39.6 Å². The van der Waals surface area contributed by atoms with Crippen molar-refractivity contribution in [1.29, 1.82) is 0 Å². The van der Waals surface area contributed by atoms with E-state index in [4.69, 9.17) is 9.40 Å². The van der Waals surface area contributed by atoms with Crippen LogP contribution in [0, 0.1) is 32.9 Å². The summed E-state index contributed by atoms with van der Waals surface area (Å²) in [6.45, 7) is 6.44. The molecular formula is C46H40GeIrN2O-2. The van der Waals surface area contributed by atoms with Gasteiger partial charge in [0.1, 0.15) is 5.58 Å². The Morgan fingerprint density at radius 1 is 0.588 bits per heavy atom. The Morgan fingerprint density at radius 3 is 2.00 bits per heavy atom. The number of aryl methyl sites for hydroxylation is 3. The summed E-state index contributed by atoms with van der Waals surface area (Å²) in [5.74, 6) is 7.14. The number of benzene rings is 5. The molecule has 0 aliphatic rings. The van der Waals surface area contributed by atoms with Gasteiger partial charge in [0.15, 0.2) is 0 Å². The molecule has 255 valence electrons. The van der Waals surface area contributed by atoms with Crippen LogP contribution in [-0.2, 0) is 20.1 Å². The minimum Gasteiger partial charge on any atom is 0 e. The van der Waals surface area contributed by atoms with Gasteiger partial charge in [-0.15, -0.1) is 18.2 Å². The number of hydrogen-bond donors (Lipinski definition) is 0. The van der Waals surface area contributed by atoms with E-state index in [1.165, 1.54) is 37.8 Å². The summed E-state index contributed by atoms with van der Waals surface area (Å²) in [6.07, 6.45) is 3.99. The zero-order chi connectivity index (χ0) is 34.8. The van der Waals surface area contributed by atoms with Crippen LogP contribution in [0.3, 0.4) is 0 Å². The second-order valence-electron chi connectivity index (χ2n) is 13.9. The smallest absolute Gasteiger partial charge is 0 e. The van der Waals surface area contributed by atoms with Gasteiger partial charge in [-0.1, -0.05) is 77.7 Å². The molecular weight excluding hydrogens is 861 g/mol. The number of hydrogen-bond acceptors (Lipinski definition) is 3. The van der Waals surface area contributed by atoms with Gasteiger partial charge in [-0.05, 0) is 65.9 Å². The van der Waals surface area contributed by atoms with E-state index in [0.717, 1.165) is 50.0 Å². The maximum absolute atomic E-state index is 6.46. The summed E-state index contributed by atoms with van der Waals surface area (Å²) in [5.41, 5.74) is 14.0. The zero-order valence-electron chi connectivity index (χ0n) is 29.8. The summed E-state index contributed by atoms with van der Waals surface area (Å²) < 4.78 is 7.91. The van der Waals surface area contributed by atoms with Crippen LogP contribution in [-0.4, -0.2) is 23.2 Å². The number of nitrogens with zero attached hydrogens (tertiary/aromatic N) is 2. The van der Waals surface area contributed by atoms with Gasteiger partial charge < -0.3 is 9.40 Å². The van der Waals surface area contributed by atoms with Gasteiger partial charge in [0.2, 0.25) is 0 Å². The topological polar surface area (TPSA) is 38.9 Å². The van der Waals surface area contributed by atoms with Crippen molar-refractivity contribution in [2.75, 3.05) is 0 Å². The molecule has 5 heteroatoms. The van der Waals surface area contributed by atoms with Gasteiger partial charge in [-0.2, -0.15) is 0 Å². The predicted octanol–water partition coefficient (Wildman–Crippen LogP) is 11.8. The maximum Gasteiger partial charge on any atom is 0 e. The SMILES string of the molecule is Cc1cc(-c2[c-]ccc3c2oc2cc(-c4c(C)cccc4C)ccc23)ncc1-c1ccccc1.[CH3][Ge]([CH3])([CH3])[c]1ccc(-c2[c-]cccc2)nc1.[Ir]. The Morgan fingerprint density at radius 2 is 1.33 bits per heavy atom. The Kier molecular flexibility index (Phi) is 10.9. The van der Waals surface area contributed by atoms with Crippen molar-refractivity contribution < 1.29 is 24.5 Å². The summed E-state index contributed by atoms with van der Waals surface area (Å²) in [5, 5.41) is 2.20. The first-order chi connectivity index (χ1) is 24.2. The van der Waals surface area contributed by atoms with Crippen LogP contribution in [0.5, 0.6) is 0 Å². The molecule has 0 amide bonds. The molecule has 0 saturated carbocycles. The first-order valence-electron chi connectivity index (χ1n) is 17.1. The molecule has 0 saturated heterocycles. The minimum absolute atomic E-state index is 0. The maximum atomic E-state index is 6.46. The predicted molar refractivity (Wildman–Crippen MR) is 212 cm³/mol. The summed E-state index contributed by atoms with van der Waals surface area (Å²) in [4.78, 5) is 9.33. The fourth-order valence-corrected chi connectivity index (χ4v) is 8.69. The monoisotopic (exact) mass is 903 g/mol. The second kappa shape index (κ2) is 15.3. The molecule has 0 aliphatic heterocycles. The van der Waals surface area contributed by atoms with Crippen molar-refractivity contribution in [2.45, 2.75) is 38.0 Å². The number of rotatable bonds is 5. The molecule has 0 spiro atoms. The van der Waals surface area contributed by atoms with E-state index in [1.54, 1.807) is 0 Å². The fraction of sp³-hybridized carbons (Fsp3) is 0.130. The average Bonchev–Trinajstić information content (AvgIpc) is 3.50. The van der Waals surface area contributed by atoms with Gasteiger partial charge in [0, 0.05) is 37.3 Å². The summed E-state index contributed by atoms with van der Waals surface area (Å²) in [6, 6.07) is 48.4. The van der Waals surface area contributed by atoms with Crippen LogP contribution >= 0.6 is 0 Å². The van der Waals surface area contributed by atoms with Crippen LogP contribution in [0.25, 0.3) is 66.7 Å². The molecule has 51 heavy (non-hydrogen) atoms. The summed E-state index contributed by atoms with van der Waals surface area (Å²) >= 11 is -1.72. The van der Waals surface area contributed by atoms with E-state index in [0.29, 0.717) is 0 Å². The summed E-state index contributed by atoms with van der Waals surface area (Å²) in [7, 11) is 0. The Hall–Kier alpha value is -4.61. The van der Waals surface area contributed by atoms with Crippen molar-refractivity contribution in [1.82, 2.24) is 9.97 Å². The largest absolute Gasteiger partial charge is 0 e. The number of aromatic nitrogens is 2. The van der Waals surface area contributed by atoms with Gasteiger partial charge in [0.05, 0.1) is 5.58 Å². The molecule has 8 rings (SSSR count). The van der Waals surface area contributed by atoms with Crippen LogP contribution in [0.4, 0.5) is 0 Å². The molecule has 3 heterocycles. The van der Waals surface area contributed by atoms with E-state index < -0.39 is 13.3 Å². The molecule has 8 aromatic rings. The minimum atomic E-state index is -1.72. The van der Waals surface area contributed by atoms with Crippen molar-refractivity contribution in [2.24, 2.45) is 0 Å². The molecule has 0 bridgehead atoms. The third-order valence-electron chi connectivity index (χ3n) is 9.27. The Balaban J connectivity index is 0.000000222. The van der Waals surface area contributed by atoms with Gasteiger partial charge >= 0.3 is 99.8 Å². The molecule has 3 nitrogen and oxygen atoms in total. The molecule has 0 aliphatic carbocycles. The van der Waals surface area contributed by atoms with Crippen molar-refractivity contribution in [3.8, 4) is 44.8 Å². The van der Waals surface area contributed by atoms with Crippen LogP contribution in [0.2, 0.25) is 17.3 Å². The van der Waals surface area contributed by atoms with Gasteiger partial charge in [-0.25, -0.2) is 0 Å². The molecule has 0 fully saturated rings. The molecule has 0 N–H and O–H groups in total. The van der Waals surface area contributed by atoms with E-state index in [9.17, 15) is 0 Å². The van der Waals surface area contributed by atoms with E-state index in [-0.39, 0.29) is 20.1 Å². The molecule has 0 atom stereocenters. The fourth-order valence-electron chi connectivity index (χ4n) is 6.52. The van der Waals surface area contributed by atoms with Crippen LogP contribution in [0.15, 0.2) is 138 Å². The Bertz CT molecular complexity index is 2410. The second-order valence-corrected chi connectivity index (χ2v) is 24.5. The molecule has 0 unspecified atom stereocenters. The van der Waals surface area contributed by atoms with E-state index in [1.807, 2.05) is 48.8 Å². The third kappa shape index (κ3) is 7.69. The van der Waals surface area contributed by atoms with Gasteiger partial charge in [0.25, 0.3) is 0 Å². The van der Waals surface area contributed by atoms with E-state index >= 15 is 0 Å². The first-order valence-corrected chi connectivity index (χ1v) is 24.4. The third-order valence-corrected chi connectivity index (χ3v) is 13.5. The molecule has 1 radical (unpaired) electrons. The molecule has 5 aromatic carbocycles. The Labute approximate surface area is 317 Å². The first kappa shape index (κ1) is 36.2. The van der Waals surface area contributed by atoms with Crippen molar-refractivity contribution in [3.05, 3.63) is 163 Å². The van der Waals surface area contributed by atoms with Crippen LogP contribution in [0.1, 0.15) is 16.7 Å². The number of furan rings is 1. The quantitative estimate of drug-likeness (QED) is 0.128. The normalized spacial score (nSPS) is 11.2. The number of fused-ring (bicyclic) bond motifs is 3. The van der Waals surface area contributed by atoms with Gasteiger partial charge in [-0.3, -0.25) is 0 Å². The molecule has 3 aromatic heterocycles. The number of pyridine rings is 2. The van der Waals surface area contributed by atoms with Crippen molar-refractivity contribution in [3.63, 3.8) is 0 Å². The van der Waals surface area contributed by atoms with Crippen LogP contribution < -0.4 is 4.40 Å². The average molecular weight is 902 g/mol. The standard InChI is InChI=1S/C32H24NO.C14H16GeN.Ir/c1-20-9-7-10-21(2)31(20)24-15-16-25-26-13-8-14-27(32(26)34-30(25)18-24)29-17-22(3)28(19-33-29)23-11-5-4-6-12-23;1-15(2,3)13-9-10-14(16-11-13)12-7-5-4-6-8-12;/h4-13,15-19H,1-3H3;4-7,9-11H,1-3H3;/q2*-1;. The zero-order valence-corrected chi connectivity index (χ0v) is 34.3.